The lowest BCUT2D eigenvalue weighted by Gasteiger charge is -2.37. The summed E-state index contributed by atoms with van der Waals surface area (Å²) in [5.41, 5.74) is 3.25. The second-order valence-corrected chi connectivity index (χ2v) is 10.6. The van der Waals surface area contributed by atoms with Crippen molar-refractivity contribution < 1.29 is 22.8 Å². The minimum Gasteiger partial charge on any atom is -0.362 e. The van der Waals surface area contributed by atoms with E-state index in [9.17, 15) is 22.8 Å². The molecule has 5 rings (SSSR count). The zero-order valence-electron chi connectivity index (χ0n) is 21.4. The van der Waals surface area contributed by atoms with Gasteiger partial charge in [-0.2, -0.15) is 13.2 Å². The molecule has 2 N–H and O–H groups in total. The Morgan fingerprint density at radius 2 is 1.67 bits per heavy atom. The molecule has 1 heterocycles. The summed E-state index contributed by atoms with van der Waals surface area (Å²) < 4.78 is 39.8. The van der Waals surface area contributed by atoms with E-state index in [0.29, 0.717) is 29.7 Å². The number of alkyl halides is 3. The second kappa shape index (κ2) is 10.8. The summed E-state index contributed by atoms with van der Waals surface area (Å²) in [7, 11) is 0. The third-order valence-electron chi connectivity index (χ3n) is 7.24. The smallest absolute Gasteiger partial charge is 0.362 e. The highest BCUT2D eigenvalue weighted by molar-refractivity contribution is 7.98. The zero-order chi connectivity index (χ0) is 27.7. The van der Waals surface area contributed by atoms with E-state index in [1.54, 1.807) is 18.7 Å². The minimum atomic E-state index is -4.53. The number of rotatable bonds is 5. The molecule has 3 aromatic rings. The number of allylic oxidation sites excluding steroid dienone is 3. The van der Waals surface area contributed by atoms with E-state index in [4.69, 9.17) is 0 Å². The van der Waals surface area contributed by atoms with Crippen molar-refractivity contribution in [1.82, 2.24) is 5.32 Å². The number of halogens is 3. The molecule has 8 heteroatoms. The number of hydrogen-bond acceptors (Lipinski definition) is 4. The van der Waals surface area contributed by atoms with Crippen molar-refractivity contribution in [2.75, 3.05) is 11.6 Å². The Morgan fingerprint density at radius 3 is 2.33 bits per heavy atom. The molecule has 0 spiro atoms. The monoisotopic (exact) mass is 548 g/mol. The van der Waals surface area contributed by atoms with Gasteiger partial charge in [0.25, 0.3) is 5.91 Å². The van der Waals surface area contributed by atoms with Crippen LogP contribution in [0.4, 0.5) is 18.9 Å². The van der Waals surface area contributed by atoms with Crippen LogP contribution in [0.25, 0.3) is 0 Å². The van der Waals surface area contributed by atoms with Crippen molar-refractivity contribution in [2.24, 2.45) is 0 Å². The standard InChI is InChI=1S/C31H27F3N2O2S/c1-18-27(30(38)36-23-10-6-9-22(17-23)31(32,33)34)28(20-11-13-24(39-2)14-12-20)29-25(35-18)15-21(16-26(29)37)19-7-4-3-5-8-19/h3-14,17,21,28,35H,15-16H2,1-2H3,(H,36,38)/t21-,28+/m0/s1. The van der Waals surface area contributed by atoms with Gasteiger partial charge in [-0.05, 0) is 67.0 Å². The first-order valence-electron chi connectivity index (χ1n) is 12.6. The third-order valence-corrected chi connectivity index (χ3v) is 7.98. The van der Waals surface area contributed by atoms with Crippen molar-refractivity contribution in [3.05, 3.63) is 118 Å². The van der Waals surface area contributed by atoms with E-state index in [0.717, 1.165) is 33.9 Å². The van der Waals surface area contributed by atoms with Gasteiger partial charge in [0, 0.05) is 45.5 Å². The Morgan fingerprint density at radius 1 is 0.949 bits per heavy atom. The zero-order valence-corrected chi connectivity index (χ0v) is 22.2. The van der Waals surface area contributed by atoms with Gasteiger partial charge in [0.05, 0.1) is 5.56 Å². The Balaban J connectivity index is 1.54. The molecular weight excluding hydrogens is 521 g/mol. The van der Waals surface area contributed by atoms with Crippen LogP contribution in [0.1, 0.15) is 48.3 Å². The molecule has 2 atom stereocenters. The van der Waals surface area contributed by atoms with Crippen molar-refractivity contribution in [3.63, 3.8) is 0 Å². The molecule has 0 fully saturated rings. The predicted molar refractivity (Wildman–Crippen MR) is 147 cm³/mol. The van der Waals surface area contributed by atoms with Crippen LogP contribution in [0.3, 0.4) is 0 Å². The summed E-state index contributed by atoms with van der Waals surface area (Å²) in [6.07, 6.45) is -1.64. The van der Waals surface area contributed by atoms with Gasteiger partial charge in [0.15, 0.2) is 5.78 Å². The van der Waals surface area contributed by atoms with Crippen LogP contribution >= 0.6 is 11.8 Å². The van der Waals surface area contributed by atoms with E-state index in [2.05, 4.69) is 10.6 Å². The number of carbonyl (C=O) groups is 2. The van der Waals surface area contributed by atoms with Crippen molar-refractivity contribution in [1.29, 1.82) is 0 Å². The second-order valence-electron chi connectivity index (χ2n) is 9.73. The average Bonchev–Trinajstić information content (AvgIpc) is 2.92. The number of carbonyl (C=O) groups excluding carboxylic acids is 2. The van der Waals surface area contributed by atoms with Crippen molar-refractivity contribution in [3.8, 4) is 0 Å². The fraction of sp³-hybridized carbons (Fsp3) is 0.226. The van der Waals surface area contributed by atoms with Crippen molar-refractivity contribution in [2.45, 2.75) is 42.7 Å². The fourth-order valence-electron chi connectivity index (χ4n) is 5.40. The fourth-order valence-corrected chi connectivity index (χ4v) is 5.81. The van der Waals surface area contributed by atoms with Crippen LogP contribution in [-0.2, 0) is 15.8 Å². The molecule has 1 amide bonds. The molecule has 3 aromatic carbocycles. The van der Waals surface area contributed by atoms with Gasteiger partial charge in [-0.25, -0.2) is 0 Å². The summed E-state index contributed by atoms with van der Waals surface area (Å²) in [5, 5.41) is 5.96. The maximum atomic E-state index is 13.7. The van der Waals surface area contributed by atoms with Crippen LogP contribution in [0.5, 0.6) is 0 Å². The Hall–Kier alpha value is -3.78. The van der Waals surface area contributed by atoms with Gasteiger partial charge in [-0.15, -0.1) is 11.8 Å². The number of anilines is 1. The number of thioether (sulfide) groups is 1. The van der Waals surface area contributed by atoms with Crippen LogP contribution < -0.4 is 10.6 Å². The molecule has 0 saturated heterocycles. The Labute approximate surface area is 229 Å². The quantitative estimate of drug-likeness (QED) is 0.326. The highest BCUT2D eigenvalue weighted by atomic mass is 32.2. The van der Waals surface area contributed by atoms with E-state index >= 15 is 0 Å². The van der Waals surface area contributed by atoms with Crippen LogP contribution in [0.2, 0.25) is 0 Å². The van der Waals surface area contributed by atoms with Crippen LogP contribution in [0.15, 0.2) is 106 Å². The lowest BCUT2D eigenvalue weighted by molar-refractivity contribution is -0.137. The average molecular weight is 549 g/mol. The molecular formula is C31H27F3N2O2S. The highest BCUT2D eigenvalue weighted by Crippen LogP contribution is 2.46. The van der Waals surface area contributed by atoms with Gasteiger partial charge in [0.2, 0.25) is 0 Å². The molecule has 0 bridgehead atoms. The molecule has 0 radical (unpaired) electrons. The van der Waals surface area contributed by atoms with Gasteiger partial charge in [-0.3, -0.25) is 9.59 Å². The van der Waals surface area contributed by atoms with Gasteiger partial charge in [0.1, 0.15) is 0 Å². The highest BCUT2D eigenvalue weighted by Gasteiger charge is 2.41. The number of Topliss-reactive ketones (excluding diaryl/α,β-unsaturated/α-hetero) is 1. The largest absolute Gasteiger partial charge is 0.416 e. The van der Waals surface area contributed by atoms with E-state index in [-0.39, 0.29) is 17.4 Å². The number of benzene rings is 3. The van der Waals surface area contributed by atoms with E-state index in [1.165, 1.54) is 12.1 Å². The predicted octanol–water partition coefficient (Wildman–Crippen LogP) is 7.43. The van der Waals surface area contributed by atoms with Crippen LogP contribution in [0, 0.1) is 0 Å². The number of hydrogen-bond donors (Lipinski definition) is 2. The van der Waals surface area contributed by atoms with E-state index in [1.807, 2.05) is 60.9 Å². The number of nitrogens with one attached hydrogen (secondary N) is 2. The van der Waals surface area contributed by atoms with Gasteiger partial charge >= 0.3 is 6.18 Å². The molecule has 2 aliphatic rings. The summed E-state index contributed by atoms with van der Waals surface area (Å²) in [6, 6.07) is 22.1. The number of dihydropyridines is 1. The van der Waals surface area contributed by atoms with Crippen molar-refractivity contribution >= 4 is 29.1 Å². The molecule has 4 nitrogen and oxygen atoms in total. The van der Waals surface area contributed by atoms with Gasteiger partial charge in [-0.1, -0.05) is 48.5 Å². The SMILES string of the molecule is CSc1ccc([C@@H]2C(C(=O)Nc3cccc(C(F)(F)F)c3)=C(C)NC3=C2C(=O)C[C@@H](c2ccccc2)C3)cc1. The summed E-state index contributed by atoms with van der Waals surface area (Å²) in [4.78, 5) is 28.4. The topological polar surface area (TPSA) is 58.2 Å². The summed E-state index contributed by atoms with van der Waals surface area (Å²) in [6.45, 7) is 1.77. The Kier molecular flexibility index (Phi) is 7.40. The minimum absolute atomic E-state index is 0.0118. The number of ketones is 1. The first kappa shape index (κ1) is 26.8. The molecule has 200 valence electrons. The molecule has 39 heavy (non-hydrogen) atoms. The molecule has 0 saturated carbocycles. The summed E-state index contributed by atoms with van der Waals surface area (Å²) in [5.74, 6) is -1.24. The lowest BCUT2D eigenvalue weighted by atomic mass is 9.71. The molecule has 1 aliphatic carbocycles. The molecule has 0 aromatic heterocycles. The third kappa shape index (κ3) is 5.52. The van der Waals surface area contributed by atoms with Crippen LogP contribution in [-0.4, -0.2) is 17.9 Å². The normalized spacial score (nSPS) is 19.5. The van der Waals surface area contributed by atoms with Gasteiger partial charge < -0.3 is 10.6 Å². The molecule has 1 aliphatic heterocycles. The maximum Gasteiger partial charge on any atom is 0.416 e. The summed E-state index contributed by atoms with van der Waals surface area (Å²) >= 11 is 1.58. The van der Waals surface area contributed by atoms with E-state index < -0.39 is 23.6 Å². The number of amides is 1. The first-order valence-corrected chi connectivity index (χ1v) is 13.8. The maximum absolute atomic E-state index is 13.7. The Bertz CT molecular complexity index is 1480. The first-order chi connectivity index (χ1) is 18.7. The lowest BCUT2D eigenvalue weighted by Crippen LogP contribution is -2.37. The molecule has 0 unspecified atom stereocenters.